The molecule has 6 heteroatoms. The molecule has 3 rings (SSSR count). The van der Waals surface area contributed by atoms with Crippen molar-refractivity contribution in [2.75, 3.05) is 13.2 Å². The molecule has 0 aromatic heterocycles. The first-order valence-corrected chi connectivity index (χ1v) is 11.9. The Morgan fingerprint density at radius 1 is 0.971 bits per heavy atom. The van der Waals surface area contributed by atoms with E-state index in [0.29, 0.717) is 24.3 Å². The van der Waals surface area contributed by atoms with Crippen molar-refractivity contribution >= 4 is 11.8 Å². The first kappa shape index (κ1) is 25.9. The number of nitrogens with zero attached hydrogens (tertiary/aromatic N) is 1. The predicted octanol–water partition coefficient (Wildman–Crippen LogP) is 4.99. The van der Waals surface area contributed by atoms with Gasteiger partial charge in [0.1, 0.15) is 17.6 Å². The van der Waals surface area contributed by atoms with Crippen LogP contribution in [-0.4, -0.2) is 35.9 Å². The highest BCUT2D eigenvalue weighted by molar-refractivity contribution is 5.88. The first-order chi connectivity index (χ1) is 16.9. The monoisotopic (exact) mass is 476 g/mol. The second kappa shape index (κ2) is 12.7. The summed E-state index contributed by atoms with van der Waals surface area (Å²) >= 11 is 0. The number of carbonyl (C=O) groups is 2. The average molecular weight is 477 g/mol. The summed E-state index contributed by atoms with van der Waals surface area (Å²) in [5, 5.41) is 2.91. The summed E-state index contributed by atoms with van der Waals surface area (Å²) in [4.78, 5) is 28.2. The smallest absolute Gasteiger partial charge is 0.261 e. The van der Waals surface area contributed by atoms with Gasteiger partial charge in [0.2, 0.25) is 5.91 Å². The molecule has 3 aromatic carbocycles. The van der Waals surface area contributed by atoms with Gasteiger partial charge in [-0.3, -0.25) is 9.59 Å². The summed E-state index contributed by atoms with van der Waals surface area (Å²) in [6.07, 6.45) is 1.07. The molecular weight excluding hydrogens is 443 g/mol. The fraction of sp³-hybridized carbons (Fsp3) is 0.310. The van der Waals surface area contributed by atoms with Crippen LogP contribution in [0.5, 0.6) is 5.75 Å². The van der Waals surface area contributed by atoms with Crippen LogP contribution in [0.4, 0.5) is 4.39 Å². The number of nitrogens with one attached hydrogen (secondary N) is 1. The Hall–Kier alpha value is -3.67. The van der Waals surface area contributed by atoms with E-state index < -0.39 is 11.9 Å². The fourth-order valence-electron chi connectivity index (χ4n) is 3.97. The Labute approximate surface area is 206 Å². The SMILES string of the molecule is CCCNC(=O)C(Cc1ccccc1)N(Cc1ccccc1F)C(=O)COc1cc(C)cc(C)c1. The van der Waals surface area contributed by atoms with Crippen molar-refractivity contribution in [3.05, 3.63) is 101 Å². The highest BCUT2D eigenvalue weighted by atomic mass is 19.1. The zero-order valence-corrected chi connectivity index (χ0v) is 20.6. The predicted molar refractivity (Wildman–Crippen MR) is 136 cm³/mol. The number of hydrogen-bond acceptors (Lipinski definition) is 3. The zero-order chi connectivity index (χ0) is 25.2. The van der Waals surface area contributed by atoms with Crippen LogP contribution >= 0.6 is 0 Å². The summed E-state index contributed by atoms with van der Waals surface area (Å²) in [5.74, 6) is -0.503. The van der Waals surface area contributed by atoms with Gasteiger partial charge in [-0.1, -0.05) is 61.5 Å². The normalized spacial score (nSPS) is 11.5. The number of hydrogen-bond donors (Lipinski definition) is 1. The Balaban J connectivity index is 1.91. The van der Waals surface area contributed by atoms with Crippen molar-refractivity contribution in [3.63, 3.8) is 0 Å². The number of aryl methyl sites for hydroxylation is 2. The third-order valence-electron chi connectivity index (χ3n) is 5.68. The van der Waals surface area contributed by atoms with Gasteiger partial charge >= 0.3 is 0 Å². The molecule has 35 heavy (non-hydrogen) atoms. The van der Waals surface area contributed by atoms with Crippen LogP contribution in [-0.2, 0) is 22.6 Å². The number of ether oxygens (including phenoxy) is 1. The number of benzene rings is 3. The second-order valence-corrected chi connectivity index (χ2v) is 8.72. The lowest BCUT2D eigenvalue weighted by molar-refractivity contribution is -0.142. The van der Waals surface area contributed by atoms with Crippen molar-refractivity contribution in [2.45, 2.75) is 46.2 Å². The van der Waals surface area contributed by atoms with E-state index in [1.165, 1.54) is 11.0 Å². The van der Waals surface area contributed by atoms with E-state index in [-0.39, 0.29) is 25.0 Å². The summed E-state index contributed by atoms with van der Waals surface area (Å²) in [6, 6.07) is 20.7. The minimum absolute atomic E-state index is 0.0429. The maximum absolute atomic E-state index is 14.6. The van der Waals surface area contributed by atoms with Gasteiger partial charge in [-0.2, -0.15) is 0 Å². The van der Waals surface area contributed by atoms with Crippen LogP contribution in [0.1, 0.15) is 35.6 Å². The second-order valence-electron chi connectivity index (χ2n) is 8.72. The van der Waals surface area contributed by atoms with Crippen molar-refractivity contribution in [1.82, 2.24) is 10.2 Å². The van der Waals surface area contributed by atoms with Gasteiger partial charge < -0.3 is 15.0 Å². The molecular formula is C29H33FN2O3. The lowest BCUT2D eigenvalue weighted by atomic mass is 10.0. The van der Waals surface area contributed by atoms with Gasteiger partial charge in [-0.15, -0.1) is 0 Å². The maximum Gasteiger partial charge on any atom is 0.261 e. The van der Waals surface area contributed by atoms with Gasteiger partial charge in [0, 0.05) is 25.1 Å². The summed E-state index contributed by atoms with van der Waals surface area (Å²) in [5.41, 5.74) is 3.30. The van der Waals surface area contributed by atoms with Gasteiger partial charge in [0.25, 0.3) is 5.91 Å². The molecule has 0 heterocycles. The molecule has 1 atom stereocenters. The van der Waals surface area contributed by atoms with Crippen LogP contribution in [0.15, 0.2) is 72.8 Å². The summed E-state index contributed by atoms with van der Waals surface area (Å²) in [6.45, 7) is 6.07. The van der Waals surface area contributed by atoms with E-state index in [4.69, 9.17) is 4.74 Å². The van der Waals surface area contributed by atoms with E-state index in [9.17, 15) is 14.0 Å². The number of amides is 2. The molecule has 2 amide bonds. The van der Waals surface area contributed by atoms with E-state index in [1.807, 2.05) is 69.3 Å². The molecule has 0 aliphatic carbocycles. The maximum atomic E-state index is 14.6. The molecule has 0 bridgehead atoms. The van der Waals surface area contributed by atoms with Crippen LogP contribution in [0, 0.1) is 19.7 Å². The van der Waals surface area contributed by atoms with Crippen molar-refractivity contribution in [3.8, 4) is 5.75 Å². The van der Waals surface area contributed by atoms with Crippen LogP contribution in [0.25, 0.3) is 0 Å². The zero-order valence-electron chi connectivity index (χ0n) is 20.6. The van der Waals surface area contributed by atoms with Crippen LogP contribution in [0.3, 0.4) is 0 Å². The third-order valence-corrected chi connectivity index (χ3v) is 5.68. The molecule has 1 N–H and O–H groups in total. The molecule has 0 aliphatic rings. The van der Waals surface area contributed by atoms with Gasteiger partial charge in [0.15, 0.2) is 6.61 Å². The topological polar surface area (TPSA) is 58.6 Å². The number of rotatable bonds is 11. The minimum atomic E-state index is -0.820. The lowest BCUT2D eigenvalue weighted by Gasteiger charge is -2.31. The van der Waals surface area contributed by atoms with Gasteiger partial charge in [-0.25, -0.2) is 4.39 Å². The molecule has 184 valence electrons. The minimum Gasteiger partial charge on any atom is -0.484 e. The Kier molecular flexibility index (Phi) is 9.41. The lowest BCUT2D eigenvalue weighted by Crippen LogP contribution is -2.52. The van der Waals surface area contributed by atoms with Crippen LogP contribution < -0.4 is 10.1 Å². The van der Waals surface area contributed by atoms with Crippen molar-refractivity contribution in [2.24, 2.45) is 0 Å². The van der Waals surface area contributed by atoms with E-state index in [2.05, 4.69) is 5.32 Å². The van der Waals surface area contributed by atoms with E-state index in [1.54, 1.807) is 18.2 Å². The van der Waals surface area contributed by atoms with Crippen LogP contribution in [0.2, 0.25) is 0 Å². The summed E-state index contributed by atoms with van der Waals surface area (Å²) in [7, 11) is 0. The molecule has 0 aliphatic heterocycles. The number of carbonyl (C=O) groups excluding carboxylic acids is 2. The van der Waals surface area contributed by atoms with Gasteiger partial charge in [-0.05, 0) is 55.2 Å². The highest BCUT2D eigenvalue weighted by Crippen LogP contribution is 2.19. The molecule has 0 saturated heterocycles. The highest BCUT2D eigenvalue weighted by Gasteiger charge is 2.31. The Morgan fingerprint density at radius 3 is 2.29 bits per heavy atom. The molecule has 0 saturated carbocycles. The molecule has 5 nitrogen and oxygen atoms in total. The number of halogens is 1. The molecule has 1 unspecified atom stereocenters. The molecule has 0 radical (unpaired) electrons. The summed E-state index contributed by atoms with van der Waals surface area (Å²) < 4.78 is 20.4. The van der Waals surface area contributed by atoms with E-state index >= 15 is 0 Å². The van der Waals surface area contributed by atoms with E-state index in [0.717, 1.165) is 23.1 Å². The Morgan fingerprint density at radius 2 is 1.63 bits per heavy atom. The molecule has 0 fully saturated rings. The quantitative estimate of drug-likeness (QED) is 0.424. The largest absolute Gasteiger partial charge is 0.484 e. The first-order valence-electron chi connectivity index (χ1n) is 11.9. The molecule has 0 spiro atoms. The van der Waals surface area contributed by atoms with Crippen molar-refractivity contribution in [1.29, 1.82) is 0 Å². The fourth-order valence-corrected chi connectivity index (χ4v) is 3.97. The Bertz CT molecular complexity index is 1110. The average Bonchev–Trinajstić information content (AvgIpc) is 2.84. The van der Waals surface area contributed by atoms with Gasteiger partial charge in [0.05, 0.1) is 0 Å². The van der Waals surface area contributed by atoms with Crippen molar-refractivity contribution < 1.29 is 18.7 Å². The third kappa shape index (κ3) is 7.67. The standard InChI is InChI=1S/C29H33FN2O3/c1-4-14-31-29(34)27(18-23-10-6-5-7-11-23)32(19-24-12-8-9-13-26(24)30)28(33)20-35-25-16-21(2)15-22(3)17-25/h5-13,15-17,27H,4,14,18-20H2,1-3H3,(H,31,34). The molecule has 3 aromatic rings.